The Morgan fingerprint density at radius 3 is 2.79 bits per heavy atom. The summed E-state index contributed by atoms with van der Waals surface area (Å²) in [5.74, 6) is -0.991. The van der Waals surface area contributed by atoms with Gasteiger partial charge in [-0.15, -0.1) is 0 Å². The molecule has 3 N–H and O–H groups in total. The molecule has 0 saturated heterocycles. The van der Waals surface area contributed by atoms with E-state index in [0.717, 1.165) is 5.69 Å². The molecule has 0 spiro atoms. The number of hydrogen-bond acceptors (Lipinski definition) is 4. The standard InChI is InChI=1S/C14H15N3O2/c1-17(9-11-4-2-3-7-16-11)13-6-5-10(15)8-12(13)14(18)19/h2-8H,9,15H2,1H3,(H,18,19). The average Bonchev–Trinajstić information content (AvgIpc) is 2.39. The number of hydrogen-bond donors (Lipinski definition) is 2. The third kappa shape index (κ3) is 3.01. The van der Waals surface area contributed by atoms with Crippen molar-refractivity contribution in [2.75, 3.05) is 17.7 Å². The molecule has 0 saturated carbocycles. The molecule has 5 nitrogen and oxygen atoms in total. The van der Waals surface area contributed by atoms with Crippen LogP contribution in [0.25, 0.3) is 0 Å². The lowest BCUT2D eigenvalue weighted by Gasteiger charge is -2.21. The van der Waals surface area contributed by atoms with Gasteiger partial charge in [0.05, 0.1) is 23.5 Å². The highest BCUT2D eigenvalue weighted by atomic mass is 16.4. The van der Waals surface area contributed by atoms with Crippen molar-refractivity contribution in [1.29, 1.82) is 0 Å². The quantitative estimate of drug-likeness (QED) is 0.819. The topological polar surface area (TPSA) is 79.5 Å². The van der Waals surface area contributed by atoms with Crippen LogP contribution in [-0.2, 0) is 6.54 Å². The van der Waals surface area contributed by atoms with Crippen LogP contribution in [-0.4, -0.2) is 23.1 Å². The Morgan fingerprint density at radius 2 is 2.16 bits per heavy atom. The van der Waals surface area contributed by atoms with Crippen LogP contribution in [0.15, 0.2) is 42.6 Å². The largest absolute Gasteiger partial charge is 0.478 e. The molecule has 1 heterocycles. The predicted octanol–water partition coefficient (Wildman–Crippen LogP) is 2.00. The monoisotopic (exact) mass is 257 g/mol. The van der Waals surface area contributed by atoms with Gasteiger partial charge in [0.15, 0.2) is 0 Å². The molecule has 0 atom stereocenters. The van der Waals surface area contributed by atoms with Crippen molar-refractivity contribution >= 4 is 17.3 Å². The van der Waals surface area contributed by atoms with Gasteiger partial charge < -0.3 is 15.7 Å². The number of carbonyl (C=O) groups is 1. The zero-order chi connectivity index (χ0) is 13.8. The Balaban J connectivity index is 2.28. The minimum Gasteiger partial charge on any atom is -0.478 e. The summed E-state index contributed by atoms with van der Waals surface area (Å²) in [6.45, 7) is 0.533. The average molecular weight is 257 g/mol. The van der Waals surface area contributed by atoms with Gasteiger partial charge in [0.25, 0.3) is 0 Å². The molecule has 0 radical (unpaired) electrons. The van der Waals surface area contributed by atoms with Gasteiger partial charge in [0, 0.05) is 18.9 Å². The highest BCUT2D eigenvalue weighted by Gasteiger charge is 2.14. The van der Waals surface area contributed by atoms with Gasteiger partial charge in [0.2, 0.25) is 0 Å². The van der Waals surface area contributed by atoms with E-state index in [2.05, 4.69) is 4.98 Å². The molecule has 98 valence electrons. The summed E-state index contributed by atoms with van der Waals surface area (Å²) in [7, 11) is 1.83. The van der Waals surface area contributed by atoms with Crippen LogP contribution < -0.4 is 10.6 Å². The van der Waals surface area contributed by atoms with E-state index in [4.69, 9.17) is 5.73 Å². The van der Waals surface area contributed by atoms with Gasteiger partial charge in [-0.1, -0.05) is 6.07 Å². The van der Waals surface area contributed by atoms with Crippen LogP contribution in [0.4, 0.5) is 11.4 Å². The maximum absolute atomic E-state index is 11.2. The second-order valence-electron chi connectivity index (χ2n) is 4.26. The highest BCUT2D eigenvalue weighted by molar-refractivity contribution is 5.95. The minimum atomic E-state index is -0.991. The number of nitrogen functional groups attached to an aromatic ring is 1. The molecule has 0 aliphatic rings. The van der Waals surface area contributed by atoms with Crippen molar-refractivity contribution in [3.8, 4) is 0 Å². The van der Waals surface area contributed by atoms with E-state index in [1.54, 1.807) is 18.3 Å². The van der Waals surface area contributed by atoms with Crippen LogP contribution in [0.3, 0.4) is 0 Å². The molecule has 1 aromatic carbocycles. The van der Waals surface area contributed by atoms with Crippen molar-refractivity contribution < 1.29 is 9.90 Å². The minimum absolute atomic E-state index is 0.193. The van der Waals surface area contributed by atoms with Gasteiger partial charge in [0.1, 0.15) is 0 Å². The van der Waals surface area contributed by atoms with Crippen molar-refractivity contribution in [3.63, 3.8) is 0 Å². The van der Waals surface area contributed by atoms with E-state index in [-0.39, 0.29) is 5.56 Å². The first kappa shape index (κ1) is 12.9. The van der Waals surface area contributed by atoms with E-state index in [9.17, 15) is 9.90 Å². The Morgan fingerprint density at radius 1 is 1.37 bits per heavy atom. The predicted molar refractivity (Wildman–Crippen MR) is 74.2 cm³/mol. The number of anilines is 2. The van der Waals surface area contributed by atoms with Crippen molar-refractivity contribution in [2.45, 2.75) is 6.54 Å². The van der Waals surface area contributed by atoms with Crippen molar-refractivity contribution in [1.82, 2.24) is 4.98 Å². The first-order chi connectivity index (χ1) is 9.08. The number of carboxylic acid groups (broad SMARTS) is 1. The number of carboxylic acids is 1. The van der Waals surface area contributed by atoms with Crippen LogP contribution in [0, 0.1) is 0 Å². The van der Waals surface area contributed by atoms with Crippen LogP contribution >= 0.6 is 0 Å². The van der Waals surface area contributed by atoms with E-state index in [1.165, 1.54) is 6.07 Å². The first-order valence-electron chi connectivity index (χ1n) is 5.82. The first-order valence-corrected chi connectivity index (χ1v) is 5.82. The normalized spacial score (nSPS) is 10.2. The SMILES string of the molecule is CN(Cc1ccccn1)c1ccc(N)cc1C(=O)O. The molecule has 2 aromatic rings. The van der Waals surface area contributed by atoms with Gasteiger partial charge in [-0.05, 0) is 30.3 Å². The third-order valence-electron chi connectivity index (χ3n) is 2.79. The van der Waals surface area contributed by atoms with Crippen LogP contribution in [0.2, 0.25) is 0 Å². The summed E-state index contributed by atoms with van der Waals surface area (Å²) in [4.78, 5) is 17.3. The number of rotatable bonds is 4. The Labute approximate surface area is 111 Å². The summed E-state index contributed by atoms with van der Waals surface area (Å²) in [6, 6.07) is 10.5. The lowest BCUT2D eigenvalue weighted by atomic mass is 10.1. The molecule has 0 unspecified atom stereocenters. The molecule has 0 fully saturated rings. The second-order valence-corrected chi connectivity index (χ2v) is 4.26. The third-order valence-corrected chi connectivity index (χ3v) is 2.79. The van der Waals surface area contributed by atoms with Crippen molar-refractivity contribution in [2.24, 2.45) is 0 Å². The highest BCUT2D eigenvalue weighted by Crippen LogP contribution is 2.23. The van der Waals surface area contributed by atoms with Gasteiger partial charge in [-0.3, -0.25) is 4.98 Å². The molecule has 0 aliphatic heterocycles. The number of pyridine rings is 1. The molecule has 2 rings (SSSR count). The molecule has 0 bridgehead atoms. The van der Waals surface area contributed by atoms with E-state index >= 15 is 0 Å². The lowest BCUT2D eigenvalue weighted by molar-refractivity contribution is 0.0697. The smallest absolute Gasteiger partial charge is 0.337 e. The van der Waals surface area contributed by atoms with E-state index in [1.807, 2.05) is 30.1 Å². The molecule has 0 amide bonds. The summed E-state index contributed by atoms with van der Waals surface area (Å²) >= 11 is 0. The van der Waals surface area contributed by atoms with E-state index in [0.29, 0.717) is 17.9 Å². The lowest BCUT2D eigenvalue weighted by Crippen LogP contribution is -2.20. The van der Waals surface area contributed by atoms with Crippen LogP contribution in [0.1, 0.15) is 16.1 Å². The summed E-state index contributed by atoms with van der Waals surface area (Å²) in [5, 5.41) is 9.21. The van der Waals surface area contributed by atoms with Gasteiger partial charge >= 0.3 is 5.97 Å². The zero-order valence-corrected chi connectivity index (χ0v) is 10.6. The molecular formula is C14H15N3O2. The number of nitrogens with two attached hydrogens (primary N) is 1. The number of benzene rings is 1. The Bertz CT molecular complexity index is 584. The molecular weight excluding hydrogens is 242 g/mol. The molecule has 0 aliphatic carbocycles. The van der Waals surface area contributed by atoms with Crippen LogP contribution in [0.5, 0.6) is 0 Å². The maximum Gasteiger partial charge on any atom is 0.337 e. The fourth-order valence-electron chi connectivity index (χ4n) is 1.88. The van der Waals surface area contributed by atoms with E-state index < -0.39 is 5.97 Å². The van der Waals surface area contributed by atoms with Gasteiger partial charge in [-0.2, -0.15) is 0 Å². The summed E-state index contributed by atoms with van der Waals surface area (Å²) < 4.78 is 0. The Hall–Kier alpha value is -2.56. The molecule has 19 heavy (non-hydrogen) atoms. The Kier molecular flexibility index (Phi) is 3.66. The molecule has 1 aromatic heterocycles. The number of nitrogens with zero attached hydrogens (tertiary/aromatic N) is 2. The second kappa shape index (κ2) is 5.39. The fraction of sp³-hybridized carbons (Fsp3) is 0.143. The summed E-state index contributed by atoms with van der Waals surface area (Å²) in [6.07, 6.45) is 1.71. The zero-order valence-electron chi connectivity index (χ0n) is 10.6. The number of aromatic nitrogens is 1. The number of aromatic carboxylic acids is 1. The van der Waals surface area contributed by atoms with Crippen molar-refractivity contribution in [3.05, 3.63) is 53.9 Å². The fourth-order valence-corrected chi connectivity index (χ4v) is 1.88. The summed E-state index contributed by atoms with van der Waals surface area (Å²) in [5.41, 5.74) is 7.75. The van der Waals surface area contributed by atoms with Gasteiger partial charge in [-0.25, -0.2) is 4.79 Å². The maximum atomic E-state index is 11.2. The molecule has 5 heteroatoms.